The van der Waals surface area contributed by atoms with Crippen molar-refractivity contribution in [1.29, 1.82) is 0 Å². The van der Waals surface area contributed by atoms with Crippen LogP contribution in [-0.2, 0) is 4.79 Å². The number of aromatic nitrogens is 1. The number of anilines is 2. The van der Waals surface area contributed by atoms with Crippen LogP contribution >= 0.6 is 0 Å². The lowest BCUT2D eigenvalue weighted by Gasteiger charge is -2.35. The highest BCUT2D eigenvalue weighted by atomic mass is 19.1. The molecule has 7 heteroatoms. The number of benzene rings is 1. The molecule has 1 aliphatic rings. The smallest absolute Gasteiger partial charge is 0.258 e. The van der Waals surface area contributed by atoms with Crippen molar-refractivity contribution >= 4 is 23.3 Å². The number of nitrogens with one attached hydrogen (secondary N) is 1. The van der Waals surface area contributed by atoms with Crippen LogP contribution in [0.25, 0.3) is 0 Å². The standard InChI is InChI=1S/C21H25FN4O2/c1-15(2)13-20(27)26-11-9-25(10-12-26)19-8-7-16(14-23-19)24-21(28)17-5-3-4-6-18(17)22/h3-8,14-15H,9-13H2,1-2H3,(H,24,28). The monoisotopic (exact) mass is 384 g/mol. The summed E-state index contributed by atoms with van der Waals surface area (Å²) in [4.78, 5) is 32.8. The Morgan fingerprint density at radius 1 is 1.11 bits per heavy atom. The van der Waals surface area contributed by atoms with Crippen LogP contribution in [0.3, 0.4) is 0 Å². The first-order valence-electron chi connectivity index (χ1n) is 9.48. The molecular formula is C21H25FN4O2. The zero-order valence-corrected chi connectivity index (χ0v) is 16.2. The lowest BCUT2D eigenvalue weighted by Crippen LogP contribution is -2.49. The second-order valence-corrected chi connectivity index (χ2v) is 7.30. The normalized spacial score (nSPS) is 14.3. The number of halogens is 1. The van der Waals surface area contributed by atoms with Gasteiger partial charge in [-0.15, -0.1) is 0 Å². The molecule has 1 N–H and O–H groups in total. The number of hydrogen-bond acceptors (Lipinski definition) is 4. The Balaban J connectivity index is 1.56. The molecule has 0 atom stereocenters. The molecule has 6 nitrogen and oxygen atoms in total. The highest BCUT2D eigenvalue weighted by Gasteiger charge is 2.22. The van der Waals surface area contributed by atoms with Crippen LogP contribution in [0.5, 0.6) is 0 Å². The number of carbonyl (C=O) groups excluding carboxylic acids is 2. The number of rotatable bonds is 5. The summed E-state index contributed by atoms with van der Waals surface area (Å²) in [6, 6.07) is 9.41. The molecule has 0 bridgehead atoms. The van der Waals surface area contributed by atoms with Crippen LogP contribution in [-0.4, -0.2) is 47.9 Å². The number of nitrogens with zero attached hydrogens (tertiary/aromatic N) is 3. The summed E-state index contributed by atoms with van der Waals surface area (Å²) in [7, 11) is 0. The predicted molar refractivity (Wildman–Crippen MR) is 107 cm³/mol. The first-order valence-corrected chi connectivity index (χ1v) is 9.48. The van der Waals surface area contributed by atoms with Crippen molar-refractivity contribution in [1.82, 2.24) is 9.88 Å². The Morgan fingerprint density at radius 2 is 1.82 bits per heavy atom. The summed E-state index contributed by atoms with van der Waals surface area (Å²) in [6.07, 6.45) is 2.14. The fourth-order valence-electron chi connectivity index (χ4n) is 3.15. The molecule has 0 aliphatic carbocycles. The molecular weight excluding hydrogens is 359 g/mol. The molecule has 0 spiro atoms. The molecule has 2 aromatic rings. The van der Waals surface area contributed by atoms with Crippen molar-refractivity contribution < 1.29 is 14.0 Å². The Kier molecular flexibility index (Phi) is 6.23. The Bertz CT molecular complexity index is 831. The molecule has 0 unspecified atom stereocenters. The molecule has 1 aromatic heterocycles. The summed E-state index contributed by atoms with van der Waals surface area (Å²) in [6.45, 7) is 6.89. The third-order valence-corrected chi connectivity index (χ3v) is 4.66. The van der Waals surface area contributed by atoms with Gasteiger partial charge in [-0.2, -0.15) is 0 Å². The molecule has 0 radical (unpaired) electrons. The molecule has 1 saturated heterocycles. The fourth-order valence-corrected chi connectivity index (χ4v) is 3.15. The van der Waals surface area contributed by atoms with Gasteiger partial charge in [0.2, 0.25) is 5.91 Å². The maximum Gasteiger partial charge on any atom is 0.258 e. The van der Waals surface area contributed by atoms with Gasteiger partial charge in [0.25, 0.3) is 5.91 Å². The van der Waals surface area contributed by atoms with Gasteiger partial charge >= 0.3 is 0 Å². The van der Waals surface area contributed by atoms with Gasteiger partial charge in [-0.3, -0.25) is 9.59 Å². The number of carbonyl (C=O) groups is 2. The van der Waals surface area contributed by atoms with E-state index in [9.17, 15) is 14.0 Å². The highest BCUT2D eigenvalue weighted by Crippen LogP contribution is 2.18. The van der Waals surface area contributed by atoms with Gasteiger partial charge in [0.1, 0.15) is 11.6 Å². The van der Waals surface area contributed by atoms with Crippen molar-refractivity contribution in [2.45, 2.75) is 20.3 Å². The topological polar surface area (TPSA) is 65.5 Å². The van der Waals surface area contributed by atoms with Crippen molar-refractivity contribution in [3.05, 3.63) is 54.0 Å². The summed E-state index contributed by atoms with van der Waals surface area (Å²) in [5.74, 6) is 0.285. The largest absolute Gasteiger partial charge is 0.353 e. The Labute approximate surface area is 164 Å². The lowest BCUT2D eigenvalue weighted by molar-refractivity contribution is -0.132. The summed E-state index contributed by atoms with van der Waals surface area (Å²) < 4.78 is 13.7. The average molecular weight is 384 g/mol. The van der Waals surface area contributed by atoms with Gasteiger partial charge in [0.05, 0.1) is 17.4 Å². The maximum atomic E-state index is 13.7. The lowest BCUT2D eigenvalue weighted by atomic mass is 10.1. The van der Waals surface area contributed by atoms with E-state index in [1.54, 1.807) is 24.4 Å². The first-order chi connectivity index (χ1) is 13.4. The summed E-state index contributed by atoms with van der Waals surface area (Å²) >= 11 is 0. The number of pyridine rings is 1. The van der Waals surface area contributed by atoms with Crippen molar-refractivity contribution in [3.8, 4) is 0 Å². The average Bonchev–Trinajstić information content (AvgIpc) is 2.68. The second kappa shape index (κ2) is 8.82. The maximum absolute atomic E-state index is 13.7. The Hall–Kier alpha value is -2.96. The van der Waals surface area contributed by atoms with E-state index in [0.29, 0.717) is 31.1 Å². The minimum atomic E-state index is -0.561. The number of hydrogen-bond donors (Lipinski definition) is 1. The summed E-state index contributed by atoms with van der Waals surface area (Å²) in [5.41, 5.74) is 0.497. The zero-order valence-electron chi connectivity index (χ0n) is 16.2. The third kappa shape index (κ3) is 4.85. The van der Waals surface area contributed by atoms with E-state index in [0.717, 1.165) is 18.9 Å². The minimum Gasteiger partial charge on any atom is -0.353 e. The van der Waals surface area contributed by atoms with E-state index in [4.69, 9.17) is 0 Å². The van der Waals surface area contributed by atoms with Crippen LogP contribution in [0.1, 0.15) is 30.6 Å². The highest BCUT2D eigenvalue weighted by molar-refractivity contribution is 6.04. The van der Waals surface area contributed by atoms with Crippen molar-refractivity contribution in [2.24, 2.45) is 5.92 Å². The van der Waals surface area contributed by atoms with E-state index >= 15 is 0 Å². The second-order valence-electron chi connectivity index (χ2n) is 7.30. The van der Waals surface area contributed by atoms with Crippen LogP contribution in [0.4, 0.5) is 15.9 Å². The molecule has 28 heavy (non-hydrogen) atoms. The quantitative estimate of drug-likeness (QED) is 0.860. The minimum absolute atomic E-state index is 0.00577. The third-order valence-electron chi connectivity index (χ3n) is 4.66. The molecule has 1 aliphatic heterocycles. The fraction of sp³-hybridized carbons (Fsp3) is 0.381. The summed E-state index contributed by atoms with van der Waals surface area (Å²) in [5, 5.41) is 2.66. The van der Waals surface area contributed by atoms with Crippen LogP contribution < -0.4 is 10.2 Å². The van der Waals surface area contributed by atoms with Gasteiger partial charge < -0.3 is 15.1 Å². The molecule has 1 fully saturated rings. The molecule has 2 amide bonds. The molecule has 1 aromatic carbocycles. The van der Waals surface area contributed by atoms with Gasteiger partial charge in [0.15, 0.2) is 0 Å². The van der Waals surface area contributed by atoms with Gasteiger partial charge in [-0.1, -0.05) is 26.0 Å². The van der Waals surface area contributed by atoms with Gasteiger partial charge in [-0.25, -0.2) is 9.37 Å². The van der Waals surface area contributed by atoms with Gasteiger partial charge in [0, 0.05) is 32.6 Å². The molecule has 148 valence electrons. The molecule has 3 rings (SSSR count). The van der Waals surface area contributed by atoms with E-state index in [2.05, 4.69) is 15.2 Å². The van der Waals surface area contributed by atoms with E-state index in [-0.39, 0.29) is 11.5 Å². The first kappa shape index (κ1) is 19.8. The number of piperazine rings is 1. The van der Waals surface area contributed by atoms with Gasteiger partial charge in [-0.05, 0) is 30.2 Å². The van der Waals surface area contributed by atoms with Crippen LogP contribution in [0.2, 0.25) is 0 Å². The van der Waals surface area contributed by atoms with Crippen molar-refractivity contribution in [3.63, 3.8) is 0 Å². The van der Waals surface area contributed by atoms with E-state index in [1.165, 1.54) is 12.1 Å². The van der Waals surface area contributed by atoms with Crippen LogP contribution in [0.15, 0.2) is 42.6 Å². The van der Waals surface area contributed by atoms with Crippen LogP contribution in [0, 0.1) is 11.7 Å². The van der Waals surface area contributed by atoms with Crippen molar-refractivity contribution in [2.75, 3.05) is 36.4 Å². The molecule has 2 heterocycles. The predicted octanol–water partition coefficient (Wildman–Crippen LogP) is 3.17. The van der Waals surface area contributed by atoms with E-state index < -0.39 is 11.7 Å². The number of amides is 2. The SMILES string of the molecule is CC(C)CC(=O)N1CCN(c2ccc(NC(=O)c3ccccc3F)cn2)CC1. The zero-order chi connectivity index (χ0) is 20.1. The Morgan fingerprint density at radius 3 is 2.43 bits per heavy atom. The van der Waals surface area contributed by atoms with E-state index in [1.807, 2.05) is 24.8 Å². The molecule has 0 saturated carbocycles.